The summed E-state index contributed by atoms with van der Waals surface area (Å²) >= 11 is 0. The van der Waals surface area contributed by atoms with Crippen LogP contribution in [0.5, 0.6) is 0 Å². The van der Waals surface area contributed by atoms with Crippen LogP contribution in [0.4, 0.5) is 10.5 Å². The second-order valence-corrected chi connectivity index (χ2v) is 10.8. The number of terminal acetylenes is 1. The van der Waals surface area contributed by atoms with E-state index in [1.165, 1.54) is 0 Å². The minimum absolute atomic E-state index is 0.0427. The maximum atomic E-state index is 13.4. The van der Waals surface area contributed by atoms with Crippen LogP contribution in [0.3, 0.4) is 0 Å². The van der Waals surface area contributed by atoms with E-state index in [0.29, 0.717) is 38.0 Å². The Bertz CT molecular complexity index is 1470. The molecule has 1 aliphatic heterocycles. The van der Waals surface area contributed by atoms with E-state index in [9.17, 15) is 14.4 Å². The highest BCUT2D eigenvalue weighted by atomic mass is 16.6. The van der Waals surface area contributed by atoms with Crippen LogP contribution in [0.1, 0.15) is 61.9 Å². The van der Waals surface area contributed by atoms with E-state index in [2.05, 4.69) is 11.2 Å². The topological polar surface area (TPSA) is 88.9 Å². The second-order valence-electron chi connectivity index (χ2n) is 10.8. The van der Waals surface area contributed by atoms with Gasteiger partial charge in [0.25, 0.3) is 5.91 Å². The standard InChI is InChI=1S/C31H30N2O5/c1-2-30(13-14-30)20-27(34)31(11-4-3-5-12-31)32-28(35)26-19-23-10-9-22(18-25(23)38-26)21-7-6-8-24(17-21)33-15-16-37-29(33)36/h1,6-10,17-19H,3-5,11-16,20H2,(H,32,35). The van der Waals surface area contributed by atoms with Crippen molar-refractivity contribution < 1.29 is 23.5 Å². The number of rotatable bonds is 7. The normalized spacial score (nSPS) is 19.6. The Morgan fingerprint density at radius 1 is 1.00 bits per heavy atom. The van der Waals surface area contributed by atoms with Crippen molar-refractivity contribution in [3.63, 3.8) is 0 Å². The third-order valence-corrected chi connectivity index (χ3v) is 8.25. The van der Waals surface area contributed by atoms with Crippen molar-refractivity contribution in [1.29, 1.82) is 0 Å². The fourth-order valence-electron chi connectivity index (χ4n) is 5.71. The van der Waals surface area contributed by atoms with Crippen LogP contribution >= 0.6 is 0 Å². The monoisotopic (exact) mass is 510 g/mol. The molecule has 3 fully saturated rings. The van der Waals surface area contributed by atoms with Crippen LogP contribution in [-0.2, 0) is 9.53 Å². The van der Waals surface area contributed by atoms with E-state index in [1.807, 2.05) is 42.5 Å². The van der Waals surface area contributed by atoms with E-state index in [-0.39, 0.29) is 29.0 Å². The predicted octanol–water partition coefficient (Wildman–Crippen LogP) is 5.86. The van der Waals surface area contributed by atoms with E-state index in [4.69, 9.17) is 15.6 Å². The number of fused-ring (bicyclic) bond motifs is 1. The van der Waals surface area contributed by atoms with Gasteiger partial charge in [0, 0.05) is 22.9 Å². The number of Topliss-reactive ketones (excluding diaryl/α,β-unsaturated/α-hetero) is 1. The third-order valence-electron chi connectivity index (χ3n) is 8.25. The zero-order valence-corrected chi connectivity index (χ0v) is 21.3. The molecule has 2 amide bonds. The number of hydrogen-bond acceptors (Lipinski definition) is 5. The number of carbonyl (C=O) groups excluding carboxylic acids is 3. The molecule has 2 aromatic carbocycles. The van der Waals surface area contributed by atoms with Crippen molar-refractivity contribution in [2.45, 2.75) is 56.9 Å². The van der Waals surface area contributed by atoms with Gasteiger partial charge < -0.3 is 14.5 Å². The van der Waals surface area contributed by atoms with Gasteiger partial charge in [-0.25, -0.2) is 4.79 Å². The number of anilines is 1. The molecule has 0 bridgehead atoms. The molecule has 0 unspecified atom stereocenters. The SMILES string of the molecule is C#CC1(CC(=O)C2(NC(=O)c3cc4ccc(-c5cccc(N6CCOC6=O)c5)cc4o3)CCCCC2)CC1. The summed E-state index contributed by atoms with van der Waals surface area (Å²) in [5, 5.41) is 3.87. The predicted molar refractivity (Wildman–Crippen MR) is 144 cm³/mol. The molecule has 6 rings (SSSR count). The van der Waals surface area contributed by atoms with Crippen LogP contribution in [0, 0.1) is 17.8 Å². The zero-order valence-electron chi connectivity index (χ0n) is 21.3. The van der Waals surface area contributed by atoms with Gasteiger partial charge in [-0.1, -0.05) is 49.4 Å². The number of carbonyl (C=O) groups is 3. The summed E-state index contributed by atoms with van der Waals surface area (Å²) in [4.78, 5) is 40.4. The Hall–Kier alpha value is -4.05. The number of hydrogen-bond donors (Lipinski definition) is 1. The van der Waals surface area contributed by atoms with Gasteiger partial charge >= 0.3 is 6.09 Å². The van der Waals surface area contributed by atoms with Crippen molar-refractivity contribution in [2.24, 2.45) is 5.41 Å². The van der Waals surface area contributed by atoms with Crippen LogP contribution in [0.2, 0.25) is 0 Å². The first-order valence-electron chi connectivity index (χ1n) is 13.3. The lowest BCUT2D eigenvalue weighted by Gasteiger charge is -2.37. The van der Waals surface area contributed by atoms with Gasteiger partial charge in [-0.05, 0) is 61.1 Å². The van der Waals surface area contributed by atoms with E-state index >= 15 is 0 Å². The Labute approximate surface area is 221 Å². The number of furan rings is 1. The summed E-state index contributed by atoms with van der Waals surface area (Å²) in [7, 11) is 0. The molecular formula is C31H30N2O5. The Morgan fingerprint density at radius 2 is 1.79 bits per heavy atom. The maximum absolute atomic E-state index is 13.4. The number of amides is 2. The lowest BCUT2D eigenvalue weighted by atomic mass is 9.75. The number of benzene rings is 2. The summed E-state index contributed by atoms with van der Waals surface area (Å²) < 4.78 is 11.1. The Balaban J connectivity index is 1.24. The van der Waals surface area contributed by atoms with Crippen molar-refractivity contribution in [3.8, 4) is 23.5 Å². The highest BCUT2D eigenvalue weighted by molar-refractivity contribution is 6.01. The Morgan fingerprint density at radius 3 is 2.50 bits per heavy atom. The molecule has 2 saturated carbocycles. The number of cyclic esters (lactones) is 1. The maximum Gasteiger partial charge on any atom is 0.414 e. The molecule has 38 heavy (non-hydrogen) atoms. The van der Waals surface area contributed by atoms with E-state index in [0.717, 1.165) is 54.3 Å². The average molecular weight is 511 g/mol. The van der Waals surface area contributed by atoms with Crippen molar-refractivity contribution in [2.75, 3.05) is 18.1 Å². The molecule has 3 aromatic rings. The summed E-state index contributed by atoms with van der Waals surface area (Å²) in [6, 6.07) is 15.1. The minimum atomic E-state index is -0.886. The third kappa shape index (κ3) is 4.45. The fraction of sp³-hybridized carbons (Fsp3) is 0.387. The second kappa shape index (κ2) is 9.36. The highest BCUT2D eigenvalue weighted by Crippen LogP contribution is 2.49. The Kier molecular flexibility index (Phi) is 5.98. The lowest BCUT2D eigenvalue weighted by Crippen LogP contribution is -2.56. The molecule has 1 aromatic heterocycles. The molecular weight excluding hydrogens is 480 g/mol. The van der Waals surface area contributed by atoms with Gasteiger partial charge in [0.1, 0.15) is 12.2 Å². The summed E-state index contributed by atoms with van der Waals surface area (Å²) in [5.41, 5.74) is 1.95. The molecule has 2 aliphatic carbocycles. The van der Waals surface area contributed by atoms with E-state index < -0.39 is 5.54 Å². The molecule has 7 nitrogen and oxygen atoms in total. The van der Waals surface area contributed by atoms with Gasteiger partial charge in [-0.3, -0.25) is 14.5 Å². The first-order chi connectivity index (χ1) is 18.4. The summed E-state index contributed by atoms with van der Waals surface area (Å²) in [5.74, 6) is 2.65. The van der Waals surface area contributed by atoms with Gasteiger partial charge in [-0.2, -0.15) is 0 Å². The molecule has 0 radical (unpaired) electrons. The lowest BCUT2D eigenvalue weighted by molar-refractivity contribution is -0.127. The molecule has 3 aliphatic rings. The number of ether oxygens (including phenoxy) is 1. The smallest absolute Gasteiger partial charge is 0.414 e. The summed E-state index contributed by atoms with van der Waals surface area (Å²) in [6.45, 7) is 0.898. The minimum Gasteiger partial charge on any atom is -0.451 e. The van der Waals surface area contributed by atoms with Crippen molar-refractivity contribution in [3.05, 3.63) is 54.3 Å². The molecule has 194 valence electrons. The summed E-state index contributed by atoms with van der Waals surface area (Å²) in [6.07, 6.45) is 11.5. The van der Waals surface area contributed by atoms with Gasteiger partial charge in [0.15, 0.2) is 11.5 Å². The quantitative estimate of drug-likeness (QED) is 0.402. The van der Waals surface area contributed by atoms with E-state index in [1.54, 1.807) is 11.0 Å². The average Bonchev–Trinajstić information content (AvgIpc) is 3.36. The zero-order chi connectivity index (χ0) is 26.3. The first-order valence-corrected chi connectivity index (χ1v) is 13.3. The van der Waals surface area contributed by atoms with Crippen LogP contribution in [-0.4, -0.2) is 36.5 Å². The molecule has 1 N–H and O–H groups in total. The molecule has 1 saturated heterocycles. The van der Waals surface area contributed by atoms with Crippen LogP contribution in [0.25, 0.3) is 22.1 Å². The molecule has 7 heteroatoms. The van der Waals surface area contributed by atoms with Crippen LogP contribution in [0.15, 0.2) is 52.9 Å². The van der Waals surface area contributed by atoms with Crippen molar-refractivity contribution >= 4 is 34.4 Å². The van der Waals surface area contributed by atoms with Crippen molar-refractivity contribution in [1.82, 2.24) is 5.32 Å². The molecule has 0 atom stereocenters. The number of ketones is 1. The number of nitrogens with zero attached hydrogens (tertiary/aromatic N) is 1. The fourth-order valence-corrected chi connectivity index (χ4v) is 5.71. The molecule has 2 heterocycles. The van der Waals surface area contributed by atoms with Gasteiger partial charge in [0.2, 0.25) is 0 Å². The first kappa shape index (κ1) is 24.3. The van der Waals surface area contributed by atoms with Gasteiger partial charge in [0.05, 0.1) is 12.1 Å². The van der Waals surface area contributed by atoms with Gasteiger partial charge in [-0.15, -0.1) is 6.42 Å². The number of nitrogens with one attached hydrogen (secondary N) is 1. The van der Waals surface area contributed by atoms with Crippen LogP contribution < -0.4 is 10.2 Å². The largest absolute Gasteiger partial charge is 0.451 e. The highest BCUT2D eigenvalue weighted by Gasteiger charge is 2.49. The molecule has 0 spiro atoms.